The fourth-order valence-corrected chi connectivity index (χ4v) is 3.14. The summed E-state index contributed by atoms with van der Waals surface area (Å²) in [6.07, 6.45) is -5.70. The number of rotatable bonds is 10. The maximum atomic E-state index is 12.7. The minimum Gasteiger partial charge on any atom is -0.494 e. The standard InChI is InChI=1S/C20H24F3N3O6S/c1-3-33(29,30)26-17-8-7-14(10-18(17)31-2)25-19(28)24-11-15(27)12-32-16-6-4-5-13(9-16)20(21,22)23/h4-10,15,26-27H,3,11-12H2,1-2H3,(H2,24,25,28). The predicted molar refractivity (Wildman–Crippen MR) is 116 cm³/mol. The number of aliphatic hydroxyl groups excluding tert-OH is 1. The van der Waals surface area contributed by atoms with Crippen molar-refractivity contribution >= 4 is 27.4 Å². The quantitative estimate of drug-likeness (QED) is 0.405. The first-order valence-corrected chi connectivity index (χ1v) is 11.3. The zero-order chi connectivity index (χ0) is 24.6. The topological polar surface area (TPSA) is 126 Å². The molecule has 0 aliphatic carbocycles. The lowest BCUT2D eigenvalue weighted by molar-refractivity contribution is -0.137. The molecule has 0 aliphatic heterocycles. The molecule has 4 N–H and O–H groups in total. The molecule has 0 heterocycles. The molecule has 0 radical (unpaired) electrons. The highest BCUT2D eigenvalue weighted by Gasteiger charge is 2.30. The van der Waals surface area contributed by atoms with Gasteiger partial charge in [0, 0.05) is 18.3 Å². The number of carbonyl (C=O) groups excluding carboxylic acids is 1. The number of anilines is 2. The first-order valence-electron chi connectivity index (χ1n) is 9.65. The van der Waals surface area contributed by atoms with Crippen LogP contribution < -0.4 is 24.8 Å². The molecule has 2 rings (SSSR count). The van der Waals surface area contributed by atoms with Gasteiger partial charge in [0.2, 0.25) is 10.0 Å². The zero-order valence-corrected chi connectivity index (χ0v) is 18.6. The van der Waals surface area contributed by atoms with Gasteiger partial charge in [-0.25, -0.2) is 13.2 Å². The molecule has 0 fully saturated rings. The third kappa shape index (κ3) is 8.35. The van der Waals surface area contributed by atoms with Gasteiger partial charge < -0.3 is 25.2 Å². The largest absolute Gasteiger partial charge is 0.494 e. The predicted octanol–water partition coefficient (Wildman–Crippen LogP) is 3.04. The van der Waals surface area contributed by atoms with Crippen LogP contribution in [-0.4, -0.2) is 51.7 Å². The SMILES string of the molecule is CCS(=O)(=O)Nc1ccc(NC(=O)NCC(O)COc2cccc(C(F)(F)F)c2)cc1OC. The molecule has 33 heavy (non-hydrogen) atoms. The summed E-state index contributed by atoms with van der Waals surface area (Å²) < 4.78 is 74.2. The summed E-state index contributed by atoms with van der Waals surface area (Å²) in [5.41, 5.74) is -0.387. The molecule has 13 heteroatoms. The third-order valence-corrected chi connectivity index (χ3v) is 5.50. The number of aliphatic hydroxyl groups is 1. The van der Waals surface area contributed by atoms with Crippen LogP contribution in [-0.2, 0) is 16.2 Å². The van der Waals surface area contributed by atoms with E-state index in [1.54, 1.807) is 0 Å². The molecule has 1 atom stereocenters. The number of halogens is 3. The van der Waals surface area contributed by atoms with Crippen molar-refractivity contribution in [3.63, 3.8) is 0 Å². The number of amides is 2. The second kappa shape index (κ2) is 11.1. The number of urea groups is 1. The summed E-state index contributed by atoms with van der Waals surface area (Å²) in [7, 11) is -2.18. The van der Waals surface area contributed by atoms with Gasteiger partial charge in [0.25, 0.3) is 0 Å². The van der Waals surface area contributed by atoms with E-state index in [-0.39, 0.29) is 36.1 Å². The Morgan fingerprint density at radius 2 is 1.91 bits per heavy atom. The van der Waals surface area contributed by atoms with E-state index in [9.17, 15) is 31.5 Å². The maximum absolute atomic E-state index is 12.7. The number of hydrogen-bond donors (Lipinski definition) is 4. The van der Waals surface area contributed by atoms with Gasteiger partial charge in [0.15, 0.2) is 0 Å². The van der Waals surface area contributed by atoms with Crippen molar-refractivity contribution in [1.82, 2.24) is 5.32 Å². The van der Waals surface area contributed by atoms with Crippen molar-refractivity contribution in [3.05, 3.63) is 48.0 Å². The Hall–Kier alpha value is -3.19. The molecular formula is C20H24F3N3O6S. The Labute approximate surface area is 188 Å². The van der Waals surface area contributed by atoms with Crippen molar-refractivity contribution in [1.29, 1.82) is 0 Å². The molecule has 0 saturated carbocycles. The molecule has 2 aromatic rings. The number of carbonyl (C=O) groups is 1. The summed E-state index contributed by atoms with van der Waals surface area (Å²) in [5, 5.41) is 14.8. The van der Waals surface area contributed by atoms with Crippen molar-refractivity contribution in [2.24, 2.45) is 0 Å². The van der Waals surface area contributed by atoms with Crippen molar-refractivity contribution < 1.29 is 41.0 Å². The number of alkyl halides is 3. The van der Waals surface area contributed by atoms with E-state index in [0.29, 0.717) is 5.69 Å². The number of benzene rings is 2. The van der Waals surface area contributed by atoms with Crippen LogP contribution in [0.5, 0.6) is 11.5 Å². The molecule has 0 spiro atoms. The Bertz CT molecular complexity index is 1060. The van der Waals surface area contributed by atoms with Crippen LogP contribution >= 0.6 is 0 Å². The molecule has 1 unspecified atom stereocenters. The third-order valence-electron chi connectivity index (χ3n) is 4.21. The van der Waals surface area contributed by atoms with Crippen LogP contribution in [0, 0.1) is 0 Å². The zero-order valence-electron chi connectivity index (χ0n) is 17.8. The first-order chi connectivity index (χ1) is 15.4. The van der Waals surface area contributed by atoms with Gasteiger partial charge in [-0.1, -0.05) is 6.07 Å². The molecule has 9 nitrogen and oxygen atoms in total. The second-order valence-electron chi connectivity index (χ2n) is 6.75. The average molecular weight is 491 g/mol. The van der Waals surface area contributed by atoms with Gasteiger partial charge >= 0.3 is 12.2 Å². The minimum atomic E-state index is -4.52. The summed E-state index contributed by atoms with van der Waals surface area (Å²) >= 11 is 0. The van der Waals surface area contributed by atoms with Gasteiger partial charge in [-0.3, -0.25) is 4.72 Å². The smallest absolute Gasteiger partial charge is 0.416 e. The summed E-state index contributed by atoms with van der Waals surface area (Å²) in [6.45, 7) is 0.895. The second-order valence-corrected chi connectivity index (χ2v) is 8.76. The highest BCUT2D eigenvalue weighted by Crippen LogP contribution is 2.31. The van der Waals surface area contributed by atoms with Gasteiger partial charge in [-0.05, 0) is 37.3 Å². The number of nitrogens with one attached hydrogen (secondary N) is 3. The lowest BCUT2D eigenvalue weighted by Gasteiger charge is -2.15. The van der Waals surface area contributed by atoms with Crippen LogP contribution in [0.15, 0.2) is 42.5 Å². The van der Waals surface area contributed by atoms with Crippen LogP contribution in [0.2, 0.25) is 0 Å². The fourth-order valence-electron chi connectivity index (χ4n) is 2.49. The minimum absolute atomic E-state index is 0.0702. The van der Waals surface area contributed by atoms with Gasteiger partial charge in [0.05, 0.1) is 24.1 Å². The summed E-state index contributed by atoms with van der Waals surface area (Å²) in [6, 6.07) is 7.79. The van der Waals surface area contributed by atoms with E-state index < -0.39 is 33.9 Å². The van der Waals surface area contributed by atoms with Crippen LogP contribution in [0.25, 0.3) is 0 Å². The van der Waals surface area contributed by atoms with Crippen LogP contribution in [0.1, 0.15) is 12.5 Å². The molecule has 2 amide bonds. The van der Waals surface area contributed by atoms with Crippen molar-refractivity contribution in [2.45, 2.75) is 19.2 Å². The van der Waals surface area contributed by atoms with E-state index >= 15 is 0 Å². The lowest BCUT2D eigenvalue weighted by Crippen LogP contribution is -2.37. The van der Waals surface area contributed by atoms with Crippen molar-refractivity contribution in [2.75, 3.05) is 36.1 Å². The van der Waals surface area contributed by atoms with E-state index in [1.807, 2.05) is 0 Å². The van der Waals surface area contributed by atoms with Crippen molar-refractivity contribution in [3.8, 4) is 11.5 Å². The molecule has 0 aromatic heterocycles. The normalized spacial score (nSPS) is 12.5. The van der Waals surface area contributed by atoms with Gasteiger partial charge in [0.1, 0.15) is 24.2 Å². The van der Waals surface area contributed by atoms with E-state index in [0.717, 1.165) is 12.1 Å². The number of methoxy groups -OCH3 is 1. The highest BCUT2D eigenvalue weighted by atomic mass is 32.2. The first kappa shape index (κ1) is 26.1. The molecule has 182 valence electrons. The summed E-state index contributed by atoms with van der Waals surface area (Å²) in [4.78, 5) is 12.1. The number of sulfonamides is 1. The van der Waals surface area contributed by atoms with Gasteiger partial charge in [-0.15, -0.1) is 0 Å². The van der Waals surface area contributed by atoms with E-state index in [2.05, 4.69) is 15.4 Å². The molecular weight excluding hydrogens is 467 g/mol. The molecule has 2 aromatic carbocycles. The Morgan fingerprint density at radius 1 is 1.18 bits per heavy atom. The molecule has 0 aliphatic rings. The van der Waals surface area contributed by atoms with Gasteiger partial charge in [-0.2, -0.15) is 13.2 Å². The monoisotopic (exact) mass is 491 g/mol. The van der Waals surface area contributed by atoms with Crippen LogP contribution in [0.4, 0.5) is 29.3 Å². The lowest BCUT2D eigenvalue weighted by atomic mass is 10.2. The average Bonchev–Trinajstić information content (AvgIpc) is 2.76. The number of hydrogen-bond acceptors (Lipinski definition) is 6. The fraction of sp³-hybridized carbons (Fsp3) is 0.350. The number of ether oxygens (including phenoxy) is 2. The Kier molecular flexibility index (Phi) is 8.76. The van der Waals surface area contributed by atoms with E-state index in [4.69, 9.17) is 9.47 Å². The Balaban J connectivity index is 1.86. The Morgan fingerprint density at radius 3 is 2.55 bits per heavy atom. The molecule has 0 saturated heterocycles. The summed E-state index contributed by atoms with van der Waals surface area (Å²) in [5.74, 6) is -0.0168. The van der Waals surface area contributed by atoms with E-state index in [1.165, 1.54) is 44.4 Å². The molecule has 0 bridgehead atoms. The van der Waals surface area contributed by atoms with Crippen LogP contribution in [0.3, 0.4) is 0 Å². The highest BCUT2D eigenvalue weighted by molar-refractivity contribution is 7.92. The maximum Gasteiger partial charge on any atom is 0.416 e.